The minimum atomic E-state index is -0.0386. The van der Waals surface area contributed by atoms with Gasteiger partial charge < -0.3 is 32.3 Å². The highest BCUT2D eigenvalue weighted by molar-refractivity contribution is 6.22. The Morgan fingerprint density at radius 3 is 2.38 bits per heavy atom. The molecule has 1 aromatic heterocycles. The Balaban J connectivity index is 0.00000280. The number of nitrogens with two attached hydrogens (primary N) is 3. The van der Waals surface area contributed by atoms with E-state index >= 15 is 0 Å². The van der Waals surface area contributed by atoms with Gasteiger partial charge in [-0.2, -0.15) is 15.0 Å². The zero-order chi connectivity index (χ0) is 24.8. The summed E-state index contributed by atoms with van der Waals surface area (Å²) < 4.78 is 0. The first-order chi connectivity index (χ1) is 17.5. The molecule has 2 fully saturated rings. The van der Waals surface area contributed by atoms with Gasteiger partial charge in [-0.1, -0.05) is 24.3 Å². The van der Waals surface area contributed by atoms with Gasteiger partial charge in [-0.15, -0.1) is 12.4 Å². The Kier molecular flexibility index (Phi) is 7.00. The summed E-state index contributed by atoms with van der Waals surface area (Å²) in [6.45, 7) is 2.66. The normalized spacial score (nSPS) is 22.5. The van der Waals surface area contributed by atoms with Crippen LogP contribution in [0.2, 0.25) is 0 Å². The fourth-order valence-electron chi connectivity index (χ4n) is 5.60. The number of carbonyl (C=O) groups excluding carboxylic acids is 1. The molecule has 0 bridgehead atoms. The maximum absolute atomic E-state index is 12.8. The van der Waals surface area contributed by atoms with Crippen molar-refractivity contribution < 1.29 is 4.79 Å². The first-order valence-corrected chi connectivity index (χ1v) is 12.5. The van der Waals surface area contributed by atoms with Crippen LogP contribution in [-0.2, 0) is 0 Å². The van der Waals surface area contributed by atoms with Gasteiger partial charge in [-0.25, -0.2) is 0 Å². The Hall–Kier alpha value is -3.31. The third-order valence-corrected chi connectivity index (χ3v) is 7.30. The van der Waals surface area contributed by atoms with Crippen LogP contribution in [0.3, 0.4) is 0 Å². The van der Waals surface area contributed by atoms with Gasteiger partial charge in [-0.3, -0.25) is 4.79 Å². The van der Waals surface area contributed by atoms with Crippen molar-refractivity contribution in [1.29, 1.82) is 0 Å². The summed E-state index contributed by atoms with van der Waals surface area (Å²) >= 11 is 0. The van der Waals surface area contributed by atoms with E-state index in [1.165, 1.54) is 0 Å². The lowest BCUT2D eigenvalue weighted by molar-refractivity contribution is 0.104. The Bertz CT molecular complexity index is 1310. The lowest BCUT2D eigenvalue weighted by atomic mass is 10.0. The van der Waals surface area contributed by atoms with Crippen LogP contribution in [0.1, 0.15) is 35.2 Å². The van der Waals surface area contributed by atoms with Gasteiger partial charge in [0.2, 0.25) is 17.8 Å². The van der Waals surface area contributed by atoms with E-state index in [2.05, 4.69) is 10.2 Å². The number of fused-ring (bicyclic) bond motifs is 3. The monoisotopic (exact) mass is 521 g/mol. The number of nitrogens with one attached hydrogen (secondary N) is 1. The maximum Gasteiger partial charge on any atom is 0.233 e. The predicted molar refractivity (Wildman–Crippen MR) is 148 cm³/mol. The standard InChI is InChI=1S/C26H31N9O.ClH/c27-12-18-4-3-9-35(18)26-32-24(31-25(33-26)34-13-15(28)10-16(29)14-34)30-17-7-8-21-22(11-17)19-5-1-2-6-20(19)23(21)36;/h1-2,5-8,11,15-16,18H,3-4,9-10,12-14,27-29H2,(H,30,31,32,33);1H/t15-,16+,18-;/m1./s1. The van der Waals surface area contributed by atoms with Gasteiger partial charge in [0, 0.05) is 61.1 Å². The van der Waals surface area contributed by atoms with E-state index in [1.54, 1.807) is 0 Å². The highest BCUT2D eigenvalue weighted by Crippen LogP contribution is 2.38. The summed E-state index contributed by atoms with van der Waals surface area (Å²) in [7, 11) is 0. The molecule has 2 aromatic carbocycles. The number of benzene rings is 2. The first kappa shape index (κ1) is 25.3. The van der Waals surface area contributed by atoms with Crippen molar-refractivity contribution in [2.24, 2.45) is 17.2 Å². The van der Waals surface area contributed by atoms with Gasteiger partial charge >= 0.3 is 0 Å². The fourth-order valence-corrected chi connectivity index (χ4v) is 5.60. The number of halogens is 1. The lowest BCUT2D eigenvalue weighted by Crippen LogP contribution is -2.53. The number of carbonyl (C=O) groups is 1. The van der Waals surface area contributed by atoms with Crippen molar-refractivity contribution in [3.05, 3.63) is 53.6 Å². The van der Waals surface area contributed by atoms with Crippen molar-refractivity contribution in [3.8, 4) is 11.1 Å². The lowest BCUT2D eigenvalue weighted by Gasteiger charge is -2.35. The number of rotatable bonds is 5. The van der Waals surface area contributed by atoms with E-state index < -0.39 is 0 Å². The quantitative estimate of drug-likeness (QED) is 0.307. The molecule has 0 radical (unpaired) electrons. The molecule has 37 heavy (non-hydrogen) atoms. The van der Waals surface area contributed by atoms with Gasteiger partial charge in [0.05, 0.1) is 0 Å². The van der Waals surface area contributed by atoms with Crippen molar-refractivity contribution in [1.82, 2.24) is 15.0 Å². The molecule has 0 unspecified atom stereocenters. The zero-order valence-corrected chi connectivity index (χ0v) is 21.3. The number of piperidine rings is 1. The molecule has 3 aromatic rings. The number of ketones is 1. The second kappa shape index (κ2) is 10.2. The topological polar surface area (TPSA) is 152 Å². The van der Waals surface area contributed by atoms with Crippen LogP contribution >= 0.6 is 12.4 Å². The van der Waals surface area contributed by atoms with Crippen LogP contribution in [0.4, 0.5) is 23.5 Å². The molecule has 6 rings (SSSR count). The van der Waals surface area contributed by atoms with Gasteiger partial charge in [0.25, 0.3) is 0 Å². The van der Waals surface area contributed by atoms with Crippen LogP contribution in [0.5, 0.6) is 0 Å². The summed E-state index contributed by atoms with van der Waals surface area (Å²) in [6.07, 6.45) is 2.83. The third-order valence-electron chi connectivity index (χ3n) is 7.30. The molecular weight excluding hydrogens is 490 g/mol. The van der Waals surface area contributed by atoms with Crippen LogP contribution in [0.25, 0.3) is 11.1 Å². The van der Waals surface area contributed by atoms with Crippen molar-refractivity contribution >= 4 is 41.7 Å². The molecule has 3 atom stereocenters. The van der Waals surface area contributed by atoms with Crippen LogP contribution in [-0.4, -0.2) is 65.0 Å². The number of hydrogen-bond acceptors (Lipinski definition) is 10. The molecule has 1 aliphatic carbocycles. The molecule has 10 nitrogen and oxygen atoms in total. The Morgan fingerprint density at radius 1 is 0.919 bits per heavy atom. The van der Waals surface area contributed by atoms with E-state index in [0.717, 1.165) is 48.2 Å². The second-order valence-electron chi connectivity index (χ2n) is 9.91. The zero-order valence-electron chi connectivity index (χ0n) is 20.5. The molecule has 194 valence electrons. The van der Waals surface area contributed by atoms with Gasteiger partial charge in [0.15, 0.2) is 5.78 Å². The minimum absolute atomic E-state index is 0. The molecule has 0 spiro atoms. The highest BCUT2D eigenvalue weighted by atomic mass is 35.5. The SMILES string of the molecule is Cl.NC[C@H]1CCCN1c1nc(Nc2ccc3c(c2)-c2ccccc2C3=O)nc(N2C[C@H](N)C[C@H](N)C2)n1. The molecule has 3 aliphatic rings. The molecule has 2 aliphatic heterocycles. The Morgan fingerprint density at radius 2 is 1.62 bits per heavy atom. The maximum atomic E-state index is 12.8. The van der Waals surface area contributed by atoms with E-state index in [4.69, 9.17) is 32.2 Å². The number of nitrogens with zero attached hydrogens (tertiary/aromatic N) is 5. The highest BCUT2D eigenvalue weighted by Gasteiger charge is 2.30. The van der Waals surface area contributed by atoms with E-state index in [9.17, 15) is 4.79 Å². The molecule has 2 saturated heterocycles. The van der Waals surface area contributed by atoms with E-state index in [0.29, 0.717) is 43.0 Å². The van der Waals surface area contributed by atoms with Crippen molar-refractivity contribution in [2.75, 3.05) is 41.3 Å². The molecule has 3 heterocycles. The Labute approximate surface area is 222 Å². The summed E-state index contributed by atoms with van der Waals surface area (Å²) in [5, 5.41) is 3.36. The fraction of sp³-hybridized carbons (Fsp3) is 0.385. The van der Waals surface area contributed by atoms with Crippen LogP contribution in [0.15, 0.2) is 42.5 Å². The number of anilines is 4. The smallest absolute Gasteiger partial charge is 0.233 e. The van der Waals surface area contributed by atoms with Crippen LogP contribution in [0, 0.1) is 0 Å². The van der Waals surface area contributed by atoms with Gasteiger partial charge in [0.1, 0.15) is 0 Å². The predicted octanol–water partition coefficient (Wildman–Crippen LogP) is 2.04. The van der Waals surface area contributed by atoms with Crippen molar-refractivity contribution in [3.63, 3.8) is 0 Å². The molecule has 11 heteroatoms. The molecule has 0 saturated carbocycles. The average molecular weight is 522 g/mol. The molecule has 7 N–H and O–H groups in total. The largest absolute Gasteiger partial charge is 0.338 e. The first-order valence-electron chi connectivity index (χ1n) is 12.5. The van der Waals surface area contributed by atoms with Crippen molar-refractivity contribution in [2.45, 2.75) is 37.4 Å². The molecular formula is C26H32ClN9O. The average Bonchev–Trinajstić information content (AvgIpc) is 3.46. The van der Waals surface area contributed by atoms with E-state index in [1.807, 2.05) is 47.4 Å². The summed E-state index contributed by atoms with van der Waals surface area (Å²) in [4.78, 5) is 31.3. The van der Waals surface area contributed by atoms with E-state index in [-0.39, 0.29) is 36.3 Å². The second-order valence-corrected chi connectivity index (χ2v) is 9.91. The number of aromatic nitrogens is 3. The third kappa shape index (κ3) is 4.73. The summed E-state index contributed by atoms with van der Waals surface area (Å²) in [5.41, 5.74) is 22.6. The van der Waals surface area contributed by atoms with Crippen LogP contribution < -0.4 is 32.3 Å². The van der Waals surface area contributed by atoms with Gasteiger partial charge in [-0.05, 0) is 48.6 Å². The summed E-state index contributed by atoms with van der Waals surface area (Å²) in [6, 6.07) is 13.5. The summed E-state index contributed by atoms with van der Waals surface area (Å²) in [5.74, 6) is 1.64. The number of hydrogen-bond donors (Lipinski definition) is 4. The molecule has 0 amide bonds. The minimum Gasteiger partial charge on any atom is -0.338 e.